The molecule has 2 aromatic carbocycles. The predicted octanol–water partition coefficient (Wildman–Crippen LogP) is 4.72. The summed E-state index contributed by atoms with van der Waals surface area (Å²) in [4.78, 5) is 28.0. The Balaban J connectivity index is 2.34. The van der Waals surface area contributed by atoms with Crippen LogP contribution in [0.5, 0.6) is 0 Å². The van der Waals surface area contributed by atoms with Crippen LogP contribution in [0, 0.1) is 5.92 Å². The number of nitrogens with zero attached hydrogens (tertiary/aromatic N) is 1. The third kappa shape index (κ3) is 6.22. The van der Waals surface area contributed by atoms with Crippen LogP contribution in [0.4, 0.5) is 0 Å². The molecule has 28 heavy (non-hydrogen) atoms. The van der Waals surface area contributed by atoms with Crippen molar-refractivity contribution >= 4 is 11.8 Å². The number of hydrogen-bond donors (Lipinski definition) is 1. The van der Waals surface area contributed by atoms with E-state index in [9.17, 15) is 9.59 Å². The van der Waals surface area contributed by atoms with Gasteiger partial charge in [-0.05, 0) is 17.5 Å². The molecule has 4 heteroatoms. The van der Waals surface area contributed by atoms with Gasteiger partial charge in [0.05, 0.1) is 0 Å². The second kappa shape index (κ2) is 11.3. The number of benzene rings is 2. The Kier molecular flexibility index (Phi) is 8.73. The van der Waals surface area contributed by atoms with Crippen molar-refractivity contribution in [3.63, 3.8) is 0 Å². The Bertz CT molecular complexity index is 729. The molecule has 0 fully saturated rings. The first kappa shape index (κ1) is 21.7. The average molecular weight is 381 g/mol. The van der Waals surface area contributed by atoms with Crippen molar-refractivity contribution in [1.82, 2.24) is 10.2 Å². The van der Waals surface area contributed by atoms with Crippen molar-refractivity contribution in [3.8, 4) is 0 Å². The van der Waals surface area contributed by atoms with E-state index < -0.39 is 6.04 Å². The van der Waals surface area contributed by atoms with Crippen LogP contribution in [0.3, 0.4) is 0 Å². The van der Waals surface area contributed by atoms with Gasteiger partial charge in [-0.2, -0.15) is 0 Å². The van der Waals surface area contributed by atoms with Gasteiger partial charge in [-0.3, -0.25) is 9.59 Å². The lowest BCUT2D eigenvalue weighted by atomic mass is 10.0. The van der Waals surface area contributed by atoms with Gasteiger partial charge in [0.25, 0.3) is 0 Å². The molecular formula is C24H32N2O2. The second-order valence-corrected chi connectivity index (χ2v) is 7.42. The zero-order valence-corrected chi connectivity index (χ0v) is 17.2. The SMILES string of the molecule is CCCCCNC(=O)[C@@H](c1ccccc1)N(Cc1ccccc1)C(=O)C(C)C. The van der Waals surface area contributed by atoms with Crippen LogP contribution in [0.15, 0.2) is 60.7 Å². The molecular weight excluding hydrogens is 348 g/mol. The van der Waals surface area contributed by atoms with Gasteiger partial charge in [-0.15, -0.1) is 0 Å². The zero-order valence-electron chi connectivity index (χ0n) is 17.2. The summed E-state index contributed by atoms with van der Waals surface area (Å²) in [6.07, 6.45) is 3.12. The molecule has 0 bridgehead atoms. The lowest BCUT2D eigenvalue weighted by molar-refractivity contribution is -0.144. The highest BCUT2D eigenvalue weighted by atomic mass is 16.2. The zero-order chi connectivity index (χ0) is 20.4. The Labute approximate surface area is 169 Å². The van der Waals surface area contributed by atoms with Crippen LogP contribution >= 0.6 is 0 Å². The fourth-order valence-corrected chi connectivity index (χ4v) is 3.20. The van der Waals surface area contributed by atoms with Gasteiger partial charge in [0.1, 0.15) is 6.04 Å². The molecule has 0 aliphatic carbocycles. The topological polar surface area (TPSA) is 49.4 Å². The highest BCUT2D eigenvalue weighted by Gasteiger charge is 2.32. The highest BCUT2D eigenvalue weighted by Crippen LogP contribution is 2.25. The summed E-state index contributed by atoms with van der Waals surface area (Å²) in [5.41, 5.74) is 1.84. The van der Waals surface area contributed by atoms with Gasteiger partial charge < -0.3 is 10.2 Å². The van der Waals surface area contributed by atoms with E-state index in [1.165, 1.54) is 0 Å². The predicted molar refractivity (Wildman–Crippen MR) is 114 cm³/mol. The fraction of sp³-hybridized carbons (Fsp3) is 0.417. The van der Waals surface area contributed by atoms with Crippen LogP contribution in [0.1, 0.15) is 57.2 Å². The quantitative estimate of drug-likeness (QED) is 0.606. The summed E-state index contributed by atoms with van der Waals surface area (Å²) < 4.78 is 0. The van der Waals surface area contributed by atoms with Crippen LogP contribution in [0.2, 0.25) is 0 Å². The first-order valence-electron chi connectivity index (χ1n) is 10.2. The van der Waals surface area contributed by atoms with E-state index in [1.807, 2.05) is 74.5 Å². The second-order valence-electron chi connectivity index (χ2n) is 7.42. The molecule has 4 nitrogen and oxygen atoms in total. The van der Waals surface area contributed by atoms with Crippen molar-refractivity contribution in [1.29, 1.82) is 0 Å². The van der Waals surface area contributed by atoms with Gasteiger partial charge in [0.15, 0.2) is 0 Å². The Morgan fingerprint density at radius 1 is 0.929 bits per heavy atom. The number of carbonyl (C=O) groups excluding carboxylic acids is 2. The fourth-order valence-electron chi connectivity index (χ4n) is 3.20. The van der Waals surface area contributed by atoms with Crippen LogP contribution in [-0.4, -0.2) is 23.3 Å². The lowest BCUT2D eigenvalue weighted by Crippen LogP contribution is -2.45. The van der Waals surface area contributed by atoms with Gasteiger partial charge in [-0.25, -0.2) is 0 Å². The molecule has 150 valence electrons. The van der Waals surface area contributed by atoms with Crippen LogP contribution in [-0.2, 0) is 16.1 Å². The molecule has 0 aliphatic heterocycles. The maximum absolute atomic E-state index is 13.2. The number of nitrogens with one attached hydrogen (secondary N) is 1. The van der Waals surface area contributed by atoms with E-state index in [1.54, 1.807) is 4.90 Å². The molecule has 2 rings (SSSR count). The third-order valence-electron chi connectivity index (χ3n) is 4.73. The Morgan fingerprint density at radius 3 is 2.11 bits per heavy atom. The van der Waals surface area contributed by atoms with Crippen LogP contribution < -0.4 is 5.32 Å². The molecule has 0 spiro atoms. The number of unbranched alkanes of at least 4 members (excludes halogenated alkanes) is 2. The summed E-state index contributed by atoms with van der Waals surface area (Å²) in [6, 6.07) is 18.8. The molecule has 2 amide bonds. The first-order chi connectivity index (χ1) is 13.5. The van der Waals surface area contributed by atoms with Crippen molar-refractivity contribution in [2.45, 2.75) is 52.6 Å². The van der Waals surface area contributed by atoms with Crippen molar-refractivity contribution in [2.75, 3.05) is 6.54 Å². The minimum atomic E-state index is -0.641. The Hall–Kier alpha value is -2.62. The molecule has 0 heterocycles. The van der Waals surface area contributed by atoms with Gasteiger partial charge in [-0.1, -0.05) is 94.3 Å². The van der Waals surface area contributed by atoms with Gasteiger partial charge in [0.2, 0.25) is 11.8 Å². The monoisotopic (exact) mass is 380 g/mol. The molecule has 0 saturated heterocycles. The molecule has 2 aromatic rings. The van der Waals surface area contributed by atoms with Crippen molar-refractivity contribution in [2.24, 2.45) is 5.92 Å². The highest BCUT2D eigenvalue weighted by molar-refractivity contribution is 5.89. The maximum Gasteiger partial charge on any atom is 0.247 e. The summed E-state index contributed by atoms with van der Waals surface area (Å²) in [6.45, 7) is 6.92. The molecule has 0 radical (unpaired) electrons. The van der Waals surface area contributed by atoms with Crippen molar-refractivity contribution < 1.29 is 9.59 Å². The summed E-state index contributed by atoms with van der Waals surface area (Å²) in [7, 11) is 0. The van der Waals surface area contributed by atoms with Crippen LogP contribution in [0.25, 0.3) is 0 Å². The van der Waals surface area contributed by atoms with E-state index >= 15 is 0 Å². The van der Waals surface area contributed by atoms with E-state index in [-0.39, 0.29) is 17.7 Å². The smallest absolute Gasteiger partial charge is 0.247 e. The molecule has 0 unspecified atom stereocenters. The van der Waals surface area contributed by atoms with Gasteiger partial charge >= 0.3 is 0 Å². The molecule has 0 saturated carbocycles. The average Bonchev–Trinajstić information content (AvgIpc) is 2.71. The third-order valence-corrected chi connectivity index (χ3v) is 4.73. The standard InChI is InChI=1S/C24H32N2O2/c1-4-5-12-17-25-23(27)22(21-15-10-7-11-16-21)26(24(28)19(2)3)18-20-13-8-6-9-14-20/h6-11,13-16,19,22H,4-5,12,17-18H2,1-3H3,(H,25,27)/t22-/m1/s1. The summed E-state index contributed by atoms with van der Waals surface area (Å²) in [5, 5.41) is 3.04. The largest absolute Gasteiger partial charge is 0.354 e. The molecule has 1 atom stereocenters. The molecule has 1 N–H and O–H groups in total. The molecule has 0 aromatic heterocycles. The van der Waals surface area contributed by atoms with Gasteiger partial charge in [0, 0.05) is 19.0 Å². The van der Waals surface area contributed by atoms with E-state index in [0.717, 1.165) is 30.4 Å². The number of amides is 2. The normalized spacial score (nSPS) is 11.9. The first-order valence-corrected chi connectivity index (χ1v) is 10.2. The maximum atomic E-state index is 13.2. The summed E-state index contributed by atoms with van der Waals surface area (Å²) >= 11 is 0. The Morgan fingerprint density at radius 2 is 1.54 bits per heavy atom. The van der Waals surface area contributed by atoms with E-state index in [4.69, 9.17) is 0 Å². The minimum Gasteiger partial charge on any atom is -0.354 e. The van der Waals surface area contributed by atoms with Crippen molar-refractivity contribution in [3.05, 3.63) is 71.8 Å². The number of carbonyl (C=O) groups is 2. The molecule has 0 aliphatic rings. The van der Waals surface area contributed by atoms with E-state index in [0.29, 0.717) is 13.1 Å². The van der Waals surface area contributed by atoms with E-state index in [2.05, 4.69) is 12.2 Å². The number of rotatable bonds is 10. The number of hydrogen-bond acceptors (Lipinski definition) is 2. The minimum absolute atomic E-state index is 0.0265. The summed E-state index contributed by atoms with van der Waals surface area (Å²) in [5.74, 6) is -0.337. The lowest BCUT2D eigenvalue weighted by Gasteiger charge is -2.33.